The first kappa shape index (κ1) is 10.2. The van der Waals surface area contributed by atoms with Crippen molar-refractivity contribution in [2.45, 2.75) is 45.6 Å². The standard InChI is InChI=1S/C9H18N4/c1-4-6-9(3,10)8-11-7(5-2)12-13-8/h4-6,10H2,1-3H3,(H,11,12,13). The average molecular weight is 182 g/mol. The molecule has 1 unspecified atom stereocenters. The molecule has 1 heterocycles. The van der Waals surface area contributed by atoms with Crippen molar-refractivity contribution in [2.24, 2.45) is 5.73 Å². The summed E-state index contributed by atoms with van der Waals surface area (Å²) in [6, 6.07) is 0. The molecule has 0 aliphatic carbocycles. The molecule has 1 atom stereocenters. The summed E-state index contributed by atoms with van der Waals surface area (Å²) >= 11 is 0. The Balaban J connectivity index is 2.80. The summed E-state index contributed by atoms with van der Waals surface area (Å²) in [5, 5.41) is 7.00. The molecule has 0 saturated heterocycles. The minimum atomic E-state index is -0.390. The van der Waals surface area contributed by atoms with Gasteiger partial charge < -0.3 is 5.73 Å². The molecule has 4 heteroatoms. The highest BCUT2D eigenvalue weighted by molar-refractivity contribution is 5.03. The van der Waals surface area contributed by atoms with Crippen LogP contribution in [0.25, 0.3) is 0 Å². The second-order valence-corrected chi connectivity index (χ2v) is 3.63. The van der Waals surface area contributed by atoms with Gasteiger partial charge in [-0.2, -0.15) is 5.10 Å². The lowest BCUT2D eigenvalue weighted by Gasteiger charge is -2.19. The van der Waals surface area contributed by atoms with E-state index in [9.17, 15) is 0 Å². The van der Waals surface area contributed by atoms with Gasteiger partial charge in [-0.05, 0) is 13.3 Å². The molecular formula is C9H18N4. The van der Waals surface area contributed by atoms with Crippen LogP contribution in [0.5, 0.6) is 0 Å². The molecule has 0 amide bonds. The zero-order valence-electron chi connectivity index (χ0n) is 8.59. The number of nitrogens with one attached hydrogen (secondary N) is 1. The van der Waals surface area contributed by atoms with Crippen LogP contribution in [-0.4, -0.2) is 15.2 Å². The Morgan fingerprint density at radius 2 is 2.15 bits per heavy atom. The molecule has 0 bridgehead atoms. The van der Waals surface area contributed by atoms with E-state index in [1.165, 1.54) is 0 Å². The van der Waals surface area contributed by atoms with E-state index in [0.29, 0.717) is 0 Å². The summed E-state index contributed by atoms with van der Waals surface area (Å²) in [6.07, 6.45) is 2.83. The van der Waals surface area contributed by atoms with Crippen LogP contribution in [0.2, 0.25) is 0 Å². The van der Waals surface area contributed by atoms with Crippen molar-refractivity contribution in [1.29, 1.82) is 0 Å². The van der Waals surface area contributed by atoms with Crippen LogP contribution in [0, 0.1) is 0 Å². The second-order valence-electron chi connectivity index (χ2n) is 3.63. The average Bonchev–Trinajstić information content (AvgIpc) is 2.52. The van der Waals surface area contributed by atoms with Gasteiger partial charge in [0.1, 0.15) is 5.82 Å². The Bertz CT molecular complexity index is 264. The van der Waals surface area contributed by atoms with Gasteiger partial charge in [-0.3, -0.25) is 5.10 Å². The van der Waals surface area contributed by atoms with Crippen molar-refractivity contribution in [3.63, 3.8) is 0 Å². The van der Waals surface area contributed by atoms with E-state index in [4.69, 9.17) is 5.73 Å². The van der Waals surface area contributed by atoms with Crippen LogP contribution in [-0.2, 0) is 12.0 Å². The molecule has 0 aliphatic rings. The summed E-state index contributed by atoms with van der Waals surface area (Å²) < 4.78 is 0. The first-order valence-electron chi connectivity index (χ1n) is 4.80. The highest BCUT2D eigenvalue weighted by atomic mass is 15.2. The first-order chi connectivity index (χ1) is 6.10. The molecule has 1 rings (SSSR count). The Morgan fingerprint density at radius 3 is 2.62 bits per heavy atom. The van der Waals surface area contributed by atoms with Gasteiger partial charge in [0.2, 0.25) is 0 Å². The van der Waals surface area contributed by atoms with E-state index in [1.807, 2.05) is 13.8 Å². The number of nitrogens with two attached hydrogens (primary N) is 1. The van der Waals surface area contributed by atoms with Gasteiger partial charge in [0.15, 0.2) is 5.82 Å². The van der Waals surface area contributed by atoms with E-state index in [0.717, 1.165) is 30.9 Å². The van der Waals surface area contributed by atoms with Gasteiger partial charge in [-0.1, -0.05) is 20.3 Å². The fraction of sp³-hybridized carbons (Fsp3) is 0.778. The highest BCUT2D eigenvalue weighted by Crippen LogP contribution is 2.19. The number of hydrogen-bond donors (Lipinski definition) is 2. The summed E-state index contributed by atoms with van der Waals surface area (Å²) in [5.41, 5.74) is 5.68. The predicted octanol–water partition coefficient (Wildman–Crippen LogP) is 1.34. The second kappa shape index (κ2) is 3.87. The predicted molar refractivity (Wildman–Crippen MR) is 52.2 cm³/mol. The van der Waals surface area contributed by atoms with Crippen LogP contribution in [0.15, 0.2) is 0 Å². The molecule has 13 heavy (non-hydrogen) atoms. The summed E-state index contributed by atoms with van der Waals surface area (Å²) in [4.78, 5) is 4.33. The highest BCUT2D eigenvalue weighted by Gasteiger charge is 2.24. The number of hydrogen-bond acceptors (Lipinski definition) is 3. The third-order valence-corrected chi connectivity index (χ3v) is 2.15. The maximum absolute atomic E-state index is 6.07. The molecule has 0 saturated carbocycles. The molecular weight excluding hydrogens is 164 g/mol. The van der Waals surface area contributed by atoms with Crippen molar-refractivity contribution in [2.75, 3.05) is 0 Å². The molecule has 1 aromatic rings. The van der Waals surface area contributed by atoms with Crippen molar-refractivity contribution in [3.05, 3.63) is 11.6 Å². The summed E-state index contributed by atoms with van der Waals surface area (Å²) in [7, 11) is 0. The van der Waals surface area contributed by atoms with Crippen LogP contribution in [0.3, 0.4) is 0 Å². The lowest BCUT2D eigenvalue weighted by molar-refractivity contribution is 0.421. The third-order valence-electron chi connectivity index (χ3n) is 2.15. The minimum absolute atomic E-state index is 0.390. The molecule has 0 spiro atoms. The molecule has 0 aliphatic heterocycles. The lowest BCUT2D eigenvalue weighted by atomic mass is 9.97. The van der Waals surface area contributed by atoms with Gasteiger partial charge >= 0.3 is 0 Å². The Morgan fingerprint density at radius 1 is 1.46 bits per heavy atom. The Kier molecular flexibility index (Phi) is 3.03. The Labute approximate surface area is 78.9 Å². The minimum Gasteiger partial charge on any atom is -0.319 e. The van der Waals surface area contributed by atoms with Crippen molar-refractivity contribution < 1.29 is 0 Å². The van der Waals surface area contributed by atoms with Gasteiger partial charge in [0, 0.05) is 6.42 Å². The topological polar surface area (TPSA) is 67.6 Å². The lowest BCUT2D eigenvalue weighted by Crippen LogP contribution is -2.34. The van der Waals surface area contributed by atoms with E-state index >= 15 is 0 Å². The first-order valence-corrected chi connectivity index (χ1v) is 4.80. The quantitative estimate of drug-likeness (QED) is 0.738. The SMILES string of the molecule is CCCC(C)(N)c1n[nH]c(CC)n1. The number of H-pyrrole nitrogens is 1. The van der Waals surface area contributed by atoms with Gasteiger partial charge in [-0.15, -0.1) is 0 Å². The maximum atomic E-state index is 6.07. The van der Waals surface area contributed by atoms with E-state index in [1.54, 1.807) is 0 Å². The zero-order valence-corrected chi connectivity index (χ0v) is 8.59. The van der Waals surface area contributed by atoms with E-state index in [2.05, 4.69) is 22.1 Å². The van der Waals surface area contributed by atoms with Crippen molar-refractivity contribution in [3.8, 4) is 0 Å². The summed E-state index contributed by atoms with van der Waals surface area (Å²) in [6.45, 7) is 6.12. The van der Waals surface area contributed by atoms with Crippen LogP contribution >= 0.6 is 0 Å². The van der Waals surface area contributed by atoms with Gasteiger partial charge in [0.25, 0.3) is 0 Å². The van der Waals surface area contributed by atoms with E-state index in [-0.39, 0.29) is 0 Å². The van der Waals surface area contributed by atoms with Gasteiger partial charge in [0.05, 0.1) is 5.54 Å². The number of aromatic amines is 1. The molecule has 74 valence electrons. The monoisotopic (exact) mass is 182 g/mol. The van der Waals surface area contributed by atoms with Crippen LogP contribution in [0.1, 0.15) is 45.3 Å². The number of aryl methyl sites for hydroxylation is 1. The van der Waals surface area contributed by atoms with Crippen LogP contribution < -0.4 is 5.73 Å². The maximum Gasteiger partial charge on any atom is 0.170 e. The molecule has 0 radical (unpaired) electrons. The molecule has 4 nitrogen and oxygen atoms in total. The fourth-order valence-electron chi connectivity index (χ4n) is 1.34. The fourth-order valence-corrected chi connectivity index (χ4v) is 1.34. The largest absolute Gasteiger partial charge is 0.319 e. The molecule has 0 aromatic carbocycles. The normalized spacial score (nSPS) is 15.7. The number of nitrogens with zero attached hydrogens (tertiary/aromatic N) is 2. The Hall–Kier alpha value is -0.900. The molecule has 3 N–H and O–H groups in total. The number of rotatable bonds is 4. The zero-order chi connectivity index (χ0) is 9.90. The van der Waals surface area contributed by atoms with Crippen molar-refractivity contribution in [1.82, 2.24) is 15.2 Å². The third kappa shape index (κ3) is 2.28. The van der Waals surface area contributed by atoms with Gasteiger partial charge in [-0.25, -0.2) is 4.98 Å². The smallest absolute Gasteiger partial charge is 0.170 e. The van der Waals surface area contributed by atoms with E-state index < -0.39 is 5.54 Å². The molecule has 0 fully saturated rings. The summed E-state index contributed by atoms with van der Waals surface area (Å²) in [5.74, 6) is 1.63. The van der Waals surface area contributed by atoms with Crippen molar-refractivity contribution >= 4 is 0 Å². The number of aromatic nitrogens is 3. The molecule has 1 aromatic heterocycles. The van der Waals surface area contributed by atoms with Crippen LogP contribution in [0.4, 0.5) is 0 Å².